The topological polar surface area (TPSA) is 40.6 Å². The Hall–Kier alpha value is -2.06. The smallest absolute Gasteiger partial charge is 0.369 e. The lowest BCUT2D eigenvalue weighted by Gasteiger charge is -2.35. The van der Waals surface area contributed by atoms with E-state index >= 15 is 0 Å². The van der Waals surface area contributed by atoms with Crippen molar-refractivity contribution in [1.82, 2.24) is 4.31 Å². The Balaban J connectivity index is 1.67. The first kappa shape index (κ1) is 19.7. The molecule has 0 radical (unpaired) electrons. The third kappa shape index (κ3) is 4.27. The van der Waals surface area contributed by atoms with Crippen LogP contribution in [0.2, 0.25) is 0 Å². The Morgan fingerprint density at radius 2 is 1.44 bits per heavy atom. The van der Waals surface area contributed by atoms with Crippen LogP contribution in [0.1, 0.15) is 18.1 Å². The molecular weight excluding hydrogens is 377 g/mol. The zero-order valence-corrected chi connectivity index (χ0v) is 15.7. The highest BCUT2D eigenvalue weighted by Crippen LogP contribution is 2.31. The summed E-state index contributed by atoms with van der Waals surface area (Å²) in [7, 11) is -3.56. The van der Waals surface area contributed by atoms with Crippen molar-refractivity contribution < 1.29 is 21.6 Å². The fourth-order valence-corrected chi connectivity index (χ4v) is 4.52. The minimum absolute atomic E-state index is 0.266. The molecule has 0 aromatic heterocycles. The van der Waals surface area contributed by atoms with Gasteiger partial charge in [-0.05, 0) is 48.4 Å². The van der Waals surface area contributed by atoms with Gasteiger partial charge in [0.05, 0.1) is 10.5 Å². The summed E-state index contributed by atoms with van der Waals surface area (Å²) in [6.07, 6.45) is -3.52. The molecule has 0 amide bonds. The molecule has 2 aromatic rings. The van der Waals surface area contributed by atoms with Gasteiger partial charge in [-0.25, -0.2) is 8.42 Å². The standard InChI is InChI=1S/C19H21F3N2O2S/c1-2-15-3-9-18(10-4-15)27(25,26)24-13-11-23(12-14-24)17-7-5-16(6-8-17)19(20,21)22/h3-10H,2,11-14H2,1H3. The number of nitrogens with zero attached hydrogens (tertiary/aromatic N) is 2. The molecule has 8 heteroatoms. The lowest BCUT2D eigenvalue weighted by atomic mass is 10.2. The van der Waals surface area contributed by atoms with E-state index in [0.717, 1.165) is 24.1 Å². The van der Waals surface area contributed by atoms with Crippen LogP contribution in [0.4, 0.5) is 18.9 Å². The molecule has 1 heterocycles. The van der Waals surface area contributed by atoms with Crippen molar-refractivity contribution in [2.75, 3.05) is 31.1 Å². The molecule has 1 aliphatic heterocycles. The lowest BCUT2D eigenvalue weighted by molar-refractivity contribution is -0.137. The van der Waals surface area contributed by atoms with Crippen LogP contribution >= 0.6 is 0 Å². The van der Waals surface area contributed by atoms with E-state index in [4.69, 9.17) is 0 Å². The SMILES string of the molecule is CCc1ccc(S(=O)(=O)N2CCN(c3ccc(C(F)(F)F)cc3)CC2)cc1. The second kappa shape index (κ2) is 7.52. The van der Waals surface area contributed by atoms with Gasteiger partial charge < -0.3 is 4.90 Å². The normalized spacial score (nSPS) is 16.5. The second-order valence-electron chi connectivity index (χ2n) is 6.43. The molecule has 0 spiro atoms. The predicted molar refractivity (Wildman–Crippen MR) is 98.2 cm³/mol. The molecule has 27 heavy (non-hydrogen) atoms. The van der Waals surface area contributed by atoms with Crippen molar-refractivity contribution in [1.29, 1.82) is 0 Å². The molecule has 0 N–H and O–H groups in total. The number of hydrogen-bond donors (Lipinski definition) is 0. The average molecular weight is 398 g/mol. The number of alkyl halides is 3. The van der Waals surface area contributed by atoms with E-state index in [1.165, 1.54) is 16.4 Å². The predicted octanol–water partition coefficient (Wildman–Crippen LogP) is 3.78. The molecular formula is C19H21F3N2O2S. The Bertz CT molecular complexity index is 871. The third-order valence-electron chi connectivity index (χ3n) is 4.77. The summed E-state index contributed by atoms with van der Waals surface area (Å²) in [5, 5.41) is 0. The Morgan fingerprint density at radius 1 is 0.889 bits per heavy atom. The summed E-state index contributed by atoms with van der Waals surface area (Å²) in [4.78, 5) is 2.16. The number of sulfonamides is 1. The van der Waals surface area contributed by atoms with E-state index < -0.39 is 21.8 Å². The minimum Gasteiger partial charge on any atom is -0.369 e. The molecule has 0 unspecified atom stereocenters. The maximum atomic E-state index is 12.8. The molecule has 1 fully saturated rings. The van der Waals surface area contributed by atoms with Crippen LogP contribution in [0.25, 0.3) is 0 Å². The molecule has 0 atom stereocenters. The Morgan fingerprint density at radius 3 is 1.93 bits per heavy atom. The van der Waals surface area contributed by atoms with E-state index in [0.29, 0.717) is 31.9 Å². The van der Waals surface area contributed by atoms with Gasteiger partial charge in [-0.2, -0.15) is 17.5 Å². The van der Waals surface area contributed by atoms with Gasteiger partial charge in [-0.1, -0.05) is 19.1 Å². The molecule has 1 saturated heterocycles. The van der Waals surface area contributed by atoms with E-state index in [9.17, 15) is 21.6 Å². The van der Waals surface area contributed by atoms with E-state index in [-0.39, 0.29) is 4.90 Å². The molecule has 1 aliphatic rings. The number of hydrogen-bond acceptors (Lipinski definition) is 3. The Kier molecular flexibility index (Phi) is 5.48. The lowest BCUT2D eigenvalue weighted by Crippen LogP contribution is -2.48. The minimum atomic E-state index is -4.36. The molecule has 0 saturated carbocycles. The van der Waals surface area contributed by atoms with Crippen LogP contribution in [0.5, 0.6) is 0 Å². The molecule has 2 aromatic carbocycles. The first-order valence-electron chi connectivity index (χ1n) is 8.73. The number of benzene rings is 2. The summed E-state index contributed by atoms with van der Waals surface area (Å²) in [6.45, 7) is 3.44. The first-order valence-corrected chi connectivity index (χ1v) is 10.2. The monoisotopic (exact) mass is 398 g/mol. The van der Waals surface area contributed by atoms with Crippen LogP contribution in [-0.4, -0.2) is 38.9 Å². The fourth-order valence-electron chi connectivity index (χ4n) is 3.09. The summed E-state index contributed by atoms with van der Waals surface area (Å²) < 4.78 is 65.0. The largest absolute Gasteiger partial charge is 0.416 e. The van der Waals surface area contributed by atoms with Gasteiger partial charge in [0, 0.05) is 31.9 Å². The number of aryl methyl sites for hydroxylation is 1. The zero-order valence-electron chi connectivity index (χ0n) is 14.9. The van der Waals surface area contributed by atoms with Gasteiger partial charge in [0.25, 0.3) is 0 Å². The van der Waals surface area contributed by atoms with Crippen molar-refractivity contribution in [2.24, 2.45) is 0 Å². The van der Waals surface area contributed by atoms with Crippen LogP contribution in [0, 0.1) is 0 Å². The number of rotatable bonds is 4. The average Bonchev–Trinajstić information content (AvgIpc) is 2.67. The molecule has 146 valence electrons. The zero-order chi connectivity index (χ0) is 19.7. The number of piperazine rings is 1. The van der Waals surface area contributed by atoms with Crippen molar-refractivity contribution >= 4 is 15.7 Å². The van der Waals surface area contributed by atoms with Crippen molar-refractivity contribution in [3.63, 3.8) is 0 Å². The second-order valence-corrected chi connectivity index (χ2v) is 8.37. The number of halogens is 3. The summed E-state index contributed by atoms with van der Waals surface area (Å²) in [5.74, 6) is 0. The van der Waals surface area contributed by atoms with Crippen molar-refractivity contribution in [3.05, 3.63) is 59.7 Å². The molecule has 4 nitrogen and oxygen atoms in total. The number of anilines is 1. The van der Waals surface area contributed by atoms with Crippen LogP contribution in [0.15, 0.2) is 53.4 Å². The van der Waals surface area contributed by atoms with Crippen molar-refractivity contribution in [3.8, 4) is 0 Å². The fraction of sp³-hybridized carbons (Fsp3) is 0.368. The van der Waals surface area contributed by atoms with Crippen LogP contribution < -0.4 is 4.90 Å². The van der Waals surface area contributed by atoms with Crippen molar-refractivity contribution in [2.45, 2.75) is 24.4 Å². The highest BCUT2D eigenvalue weighted by atomic mass is 32.2. The summed E-state index contributed by atoms with van der Waals surface area (Å²) in [6, 6.07) is 11.8. The van der Waals surface area contributed by atoms with E-state index in [1.807, 2.05) is 24.0 Å². The summed E-state index contributed by atoms with van der Waals surface area (Å²) in [5.41, 5.74) is 1.04. The highest BCUT2D eigenvalue weighted by molar-refractivity contribution is 7.89. The maximum absolute atomic E-state index is 12.8. The van der Waals surface area contributed by atoms with E-state index in [1.54, 1.807) is 12.1 Å². The maximum Gasteiger partial charge on any atom is 0.416 e. The van der Waals surface area contributed by atoms with Gasteiger partial charge in [0.2, 0.25) is 10.0 Å². The highest BCUT2D eigenvalue weighted by Gasteiger charge is 2.31. The molecule has 3 rings (SSSR count). The quantitative estimate of drug-likeness (QED) is 0.787. The van der Waals surface area contributed by atoms with Gasteiger partial charge in [-0.3, -0.25) is 0 Å². The van der Waals surface area contributed by atoms with Crippen LogP contribution in [0.3, 0.4) is 0 Å². The van der Waals surface area contributed by atoms with Gasteiger partial charge >= 0.3 is 6.18 Å². The van der Waals surface area contributed by atoms with Gasteiger partial charge in [0.1, 0.15) is 0 Å². The van der Waals surface area contributed by atoms with Gasteiger partial charge in [-0.15, -0.1) is 0 Å². The van der Waals surface area contributed by atoms with Gasteiger partial charge in [0.15, 0.2) is 0 Å². The molecule has 0 aliphatic carbocycles. The Labute approximate surface area is 157 Å². The molecule has 0 bridgehead atoms. The first-order chi connectivity index (χ1) is 12.7. The third-order valence-corrected chi connectivity index (χ3v) is 6.68. The van der Waals surface area contributed by atoms with Crippen LogP contribution in [-0.2, 0) is 22.6 Å². The van der Waals surface area contributed by atoms with E-state index in [2.05, 4.69) is 0 Å². The summed E-state index contributed by atoms with van der Waals surface area (Å²) >= 11 is 0.